The van der Waals surface area contributed by atoms with E-state index in [2.05, 4.69) is 0 Å². The topological polar surface area (TPSA) is 132 Å². The van der Waals surface area contributed by atoms with Crippen LogP contribution in [0.1, 0.15) is 30.4 Å². The first-order chi connectivity index (χ1) is 13.2. The average Bonchev–Trinajstić information content (AvgIpc) is 2.69. The van der Waals surface area contributed by atoms with Gasteiger partial charge in [0.05, 0.1) is 25.7 Å². The average molecular weight is 392 g/mol. The molecule has 0 aliphatic rings. The summed E-state index contributed by atoms with van der Waals surface area (Å²) in [6, 6.07) is 3.67. The molecule has 10 heteroatoms. The number of benzene rings is 1. The first-order valence-electron chi connectivity index (χ1n) is 8.59. The maximum Gasteiger partial charge on any atom is 0.332 e. The third kappa shape index (κ3) is 3.57. The van der Waals surface area contributed by atoms with Crippen LogP contribution >= 0.6 is 0 Å². The number of nitro groups is 1. The first kappa shape index (κ1) is 21.0. The number of hydrogen-bond donors (Lipinski definition) is 1. The van der Waals surface area contributed by atoms with Crippen LogP contribution in [-0.2, 0) is 14.1 Å². The molecule has 2 atom stereocenters. The van der Waals surface area contributed by atoms with Crippen LogP contribution in [0.4, 0.5) is 5.82 Å². The molecule has 1 aromatic heterocycles. The van der Waals surface area contributed by atoms with Gasteiger partial charge in [-0.15, -0.1) is 0 Å². The van der Waals surface area contributed by atoms with Crippen molar-refractivity contribution in [3.05, 3.63) is 60.3 Å². The second-order valence-electron chi connectivity index (χ2n) is 6.39. The number of aromatic nitrogens is 2. The summed E-state index contributed by atoms with van der Waals surface area (Å²) in [4.78, 5) is 36.4. The normalized spacial score (nSPS) is 13.0. The molecule has 152 valence electrons. The molecule has 2 aromatic rings. The maximum atomic E-state index is 12.9. The van der Waals surface area contributed by atoms with E-state index in [0.717, 1.165) is 9.13 Å². The zero-order valence-corrected chi connectivity index (χ0v) is 16.5. The summed E-state index contributed by atoms with van der Waals surface area (Å²) in [6.07, 6.45) is 0.141. The van der Waals surface area contributed by atoms with Gasteiger partial charge in [0, 0.05) is 31.5 Å². The number of nitrogen functional groups attached to an aromatic ring is 1. The van der Waals surface area contributed by atoms with Crippen LogP contribution in [-0.4, -0.2) is 34.3 Å². The van der Waals surface area contributed by atoms with Crippen LogP contribution in [0.3, 0.4) is 0 Å². The molecule has 0 unspecified atom stereocenters. The first-order valence-corrected chi connectivity index (χ1v) is 8.59. The fourth-order valence-electron chi connectivity index (χ4n) is 3.27. The smallest absolute Gasteiger partial charge is 0.332 e. The summed E-state index contributed by atoms with van der Waals surface area (Å²) in [6.45, 7) is 1.65. The molecule has 10 nitrogen and oxygen atoms in total. The molecule has 1 aromatic carbocycles. The molecular weight excluding hydrogens is 368 g/mol. The predicted molar refractivity (Wildman–Crippen MR) is 104 cm³/mol. The zero-order chi connectivity index (χ0) is 21.2. The molecule has 0 saturated carbocycles. The lowest BCUT2D eigenvalue weighted by atomic mass is 9.84. The van der Waals surface area contributed by atoms with Crippen molar-refractivity contribution in [3.8, 4) is 11.5 Å². The lowest BCUT2D eigenvalue weighted by molar-refractivity contribution is -0.525. The molecule has 1 heterocycles. The third-order valence-corrected chi connectivity index (χ3v) is 4.86. The summed E-state index contributed by atoms with van der Waals surface area (Å²) >= 11 is 0. The van der Waals surface area contributed by atoms with Gasteiger partial charge >= 0.3 is 5.69 Å². The lowest BCUT2D eigenvalue weighted by Crippen LogP contribution is -2.43. The van der Waals surface area contributed by atoms with Crippen LogP contribution in [0.25, 0.3) is 0 Å². The van der Waals surface area contributed by atoms with E-state index in [4.69, 9.17) is 15.2 Å². The number of rotatable bonds is 7. The Hall–Kier alpha value is -3.30. The van der Waals surface area contributed by atoms with Crippen molar-refractivity contribution in [2.45, 2.75) is 25.3 Å². The van der Waals surface area contributed by atoms with E-state index < -0.39 is 28.1 Å². The number of anilines is 1. The van der Waals surface area contributed by atoms with Crippen molar-refractivity contribution in [2.75, 3.05) is 20.0 Å². The number of nitrogens with zero attached hydrogens (tertiary/aromatic N) is 3. The molecule has 2 rings (SSSR count). The van der Waals surface area contributed by atoms with Crippen LogP contribution in [0.2, 0.25) is 0 Å². The molecule has 0 saturated heterocycles. The van der Waals surface area contributed by atoms with Gasteiger partial charge in [-0.2, -0.15) is 0 Å². The van der Waals surface area contributed by atoms with Crippen molar-refractivity contribution in [1.29, 1.82) is 0 Å². The van der Waals surface area contributed by atoms with Gasteiger partial charge in [0.15, 0.2) is 0 Å². The minimum absolute atomic E-state index is 0.0107. The maximum absolute atomic E-state index is 12.9. The van der Waals surface area contributed by atoms with Crippen LogP contribution in [0, 0.1) is 10.1 Å². The Kier molecular flexibility index (Phi) is 6.12. The Balaban J connectivity index is 2.93. The molecule has 0 bridgehead atoms. The highest BCUT2D eigenvalue weighted by molar-refractivity contribution is 5.50. The minimum Gasteiger partial charge on any atom is -0.497 e. The van der Waals surface area contributed by atoms with Crippen molar-refractivity contribution >= 4 is 5.82 Å². The van der Waals surface area contributed by atoms with Gasteiger partial charge in [-0.25, -0.2) is 4.79 Å². The monoisotopic (exact) mass is 392 g/mol. The summed E-state index contributed by atoms with van der Waals surface area (Å²) in [5.74, 6) is -0.287. The summed E-state index contributed by atoms with van der Waals surface area (Å²) in [5, 5.41) is 11.8. The van der Waals surface area contributed by atoms with Crippen molar-refractivity contribution in [2.24, 2.45) is 14.1 Å². The molecule has 0 fully saturated rings. The molecule has 0 aliphatic heterocycles. The molecule has 28 heavy (non-hydrogen) atoms. The molecule has 2 N–H and O–H groups in total. The van der Waals surface area contributed by atoms with Crippen LogP contribution in [0.5, 0.6) is 11.5 Å². The molecular formula is C18H24N4O6. The van der Waals surface area contributed by atoms with Gasteiger partial charge < -0.3 is 15.2 Å². The van der Waals surface area contributed by atoms with E-state index in [1.807, 2.05) is 0 Å². The SMILES string of the molecule is CC[C@H]([C@@H](c1cc(OC)cc(OC)c1)c1c(N)n(C)c(=O)n(C)c1=O)[N+](=O)[O-]. The van der Waals surface area contributed by atoms with Gasteiger partial charge in [-0.3, -0.25) is 24.0 Å². The van der Waals surface area contributed by atoms with Gasteiger partial charge in [-0.1, -0.05) is 6.92 Å². The van der Waals surface area contributed by atoms with E-state index >= 15 is 0 Å². The molecule has 0 radical (unpaired) electrons. The quantitative estimate of drug-likeness (QED) is 0.546. The van der Waals surface area contributed by atoms with Gasteiger partial charge in [0.2, 0.25) is 6.04 Å². The minimum atomic E-state index is -1.15. The fourth-order valence-corrected chi connectivity index (χ4v) is 3.27. The van der Waals surface area contributed by atoms with Crippen LogP contribution in [0.15, 0.2) is 27.8 Å². The highest BCUT2D eigenvalue weighted by Gasteiger charge is 2.37. The number of hydrogen-bond acceptors (Lipinski definition) is 7. The lowest BCUT2D eigenvalue weighted by Gasteiger charge is -2.24. The second-order valence-corrected chi connectivity index (χ2v) is 6.39. The summed E-state index contributed by atoms with van der Waals surface area (Å²) in [5.41, 5.74) is 5.23. The molecule has 0 aliphatic carbocycles. The molecule has 0 amide bonds. The Labute approximate surface area is 161 Å². The predicted octanol–water partition coefficient (Wildman–Crippen LogP) is 0.871. The summed E-state index contributed by atoms with van der Waals surface area (Å²) in [7, 11) is 5.64. The Morgan fingerprint density at radius 2 is 1.64 bits per heavy atom. The van der Waals surface area contributed by atoms with E-state index in [1.54, 1.807) is 25.1 Å². The third-order valence-electron chi connectivity index (χ3n) is 4.86. The highest BCUT2D eigenvalue weighted by Crippen LogP contribution is 2.36. The van der Waals surface area contributed by atoms with Gasteiger partial charge in [-0.05, 0) is 17.7 Å². The number of ether oxygens (including phenoxy) is 2. The van der Waals surface area contributed by atoms with E-state index in [0.29, 0.717) is 17.1 Å². The van der Waals surface area contributed by atoms with E-state index in [1.165, 1.54) is 28.3 Å². The van der Waals surface area contributed by atoms with E-state index in [9.17, 15) is 19.7 Å². The van der Waals surface area contributed by atoms with E-state index in [-0.39, 0.29) is 17.8 Å². The Morgan fingerprint density at radius 3 is 2.07 bits per heavy atom. The Morgan fingerprint density at radius 1 is 1.11 bits per heavy atom. The zero-order valence-electron chi connectivity index (χ0n) is 16.5. The van der Waals surface area contributed by atoms with Gasteiger partial charge in [0.25, 0.3) is 5.56 Å². The van der Waals surface area contributed by atoms with Crippen LogP contribution < -0.4 is 26.5 Å². The largest absolute Gasteiger partial charge is 0.497 e. The molecule has 0 spiro atoms. The van der Waals surface area contributed by atoms with Crippen molar-refractivity contribution in [1.82, 2.24) is 9.13 Å². The van der Waals surface area contributed by atoms with Gasteiger partial charge in [0.1, 0.15) is 17.3 Å². The number of nitrogens with two attached hydrogens (primary N) is 1. The van der Waals surface area contributed by atoms with Crippen molar-refractivity contribution in [3.63, 3.8) is 0 Å². The Bertz CT molecular complexity index is 988. The summed E-state index contributed by atoms with van der Waals surface area (Å²) < 4.78 is 12.5. The standard InChI is InChI=1S/C18H24N4O6/c1-6-13(22(25)26)14(10-7-11(27-4)9-12(8-10)28-5)15-16(19)20(2)18(24)21(3)17(15)23/h7-9,13-14H,6,19H2,1-5H3/t13-,14-/m1/s1. The number of methoxy groups -OCH3 is 2. The fraction of sp³-hybridized carbons (Fsp3) is 0.444. The van der Waals surface area contributed by atoms with Crippen molar-refractivity contribution < 1.29 is 14.4 Å². The second kappa shape index (κ2) is 8.15. The highest BCUT2D eigenvalue weighted by atomic mass is 16.6.